The van der Waals surface area contributed by atoms with Crippen LogP contribution in [0.3, 0.4) is 0 Å². The van der Waals surface area contributed by atoms with Gasteiger partial charge in [0.15, 0.2) is 5.11 Å². The number of hydrogen-bond donors (Lipinski definition) is 2. The van der Waals surface area contributed by atoms with Crippen LogP contribution in [0.2, 0.25) is 5.02 Å². The van der Waals surface area contributed by atoms with Gasteiger partial charge in [-0.15, -0.1) is 0 Å². The van der Waals surface area contributed by atoms with Crippen LogP contribution in [0.15, 0.2) is 30.3 Å². The molecule has 1 aromatic heterocycles. The van der Waals surface area contributed by atoms with Crippen molar-refractivity contribution in [2.24, 2.45) is 11.8 Å². The number of hydrogen-bond acceptors (Lipinski definition) is 5. The summed E-state index contributed by atoms with van der Waals surface area (Å²) in [5.41, 5.74) is 1.11. The molecule has 0 bridgehead atoms. The molecule has 0 aliphatic carbocycles. The maximum absolute atomic E-state index is 5.97. The van der Waals surface area contributed by atoms with Crippen molar-refractivity contribution in [2.75, 3.05) is 41.3 Å². The van der Waals surface area contributed by atoms with Crippen molar-refractivity contribution in [3.63, 3.8) is 0 Å². The van der Waals surface area contributed by atoms with E-state index in [1.165, 1.54) is 25.7 Å². The van der Waals surface area contributed by atoms with Gasteiger partial charge in [-0.3, -0.25) is 0 Å². The molecule has 0 amide bonds. The van der Waals surface area contributed by atoms with E-state index in [1.54, 1.807) is 0 Å². The summed E-state index contributed by atoms with van der Waals surface area (Å²) in [5, 5.41) is 7.71. The Hall–Kier alpha value is -2.12. The molecule has 2 aliphatic heterocycles. The number of rotatable bonds is 5. The molecule has 2 N–H and O–H groups in total. The van der Waals surface area contributed by atoms with Crippen molar-refractivity contribution in [1.29, 1.82) is 0 Å². The van der Waals surface area contributed by atoms with E-state index >= 15 is 0 Å². The Kier molecular flexibility index (Phi) is 7.68. The third kappa shape index (κ3) is 6.23. The third-order valence-electron chi connectivity index (χ3n) is 6.51. The van der Waals surface area contributed by atoms with Gasteiger partial charge in [-0.1, -0.05) is 37.6 Å². The molecule has 1 aromatic carbocycles. The molecular weight excluding hydrogens is 440 g/mol. The number of halogens is 1. The lowest BCUT2D eigenvalue weighted by Gasteiger charge is -2.34. The Labute approximate surface area is 201 Å². The van der Waals surface area contributed by atoms with Crippen LogP contribution in [0.25, 0.3) is 0 Å². The molecule has 0 atom stereocenters. The second-order valence-electron chi connectivity index (χ2n) is 9.18. The Bertz CT molecular complexity index is 865. The third-order valence-corrected chi connectivity index (χ3v) is 7.00. The molecule has 4 rings (SSSR count). The van der Waals surface area contributed by atoms with Crippen molar-refractivity contribution in [3.05, 3.63) is 40.9 Å². The molecule has 0 unspecified atom stereocenters. The van der Waals surface area contributed by atoms with Gasteiger partial charge in [-0.25, -0.2) is 0 Å². The highest BCUT2D eigenvalue weighted by Gasteiger charge is 2.22. The average molecular weight is 473 g/mol. The van der Waals surface area contributed by atoms with Crippen LogP contribution in [0.4, 0.5) is 17.6 Å². The van der Waals surface area contributed by atoms with Gasteiger partial charge >= 0.3 is 0 Å². The zero-order valence-electron chi connectivity index (χ0n) is 19.0. The van der Waals surface area contributed by atoms with E-state index in [4.69, 9.17) is 33.8 Å². The Morgan fingerprint density at radius 2 is 1.44 bits per heavy atom. The van der Waals surface area contributed by atoms with Gasteiger partial charge < -0.3 is 20.4 Å². The number of anilines is 3. The van der Waals surface area contributed by atoms with E-state index in [0.29, 0.717) is 17.6 Å². The summed E-state index contributed by atoms with van der Waals surface area (Å²) >= 11 is 11.5. The minimum Gasteiger partial charge on any atom is -0.358 e. The first-order chi connectivity index (χ1) is 15.5. The number of nitrogens with zero attached hydrogens (tertiary/aromatic N) is 4. The molecule has 2 fully saturated rings. The monoisotopic (exact) mass is 472 g/mol. The molecule has 3 heterocycles. The van der Waals surface area contributed by atoms with Crippen molar-refractivity contribution in [3.8, 4) is 0 Å². The van der Waals surface area contributed by atoms with Crippen molar-refractivity contribution >= 4 is 46.5 Å². The fourth-order valence-electron chi connectivity index (χ4n) is 4.21. The first-order valence-electron chi connectivity index (χ1n) is 11.6. The maximum atomic E-state index is 5.97. The molecule has 32 heavy (non-hydrogen) atoms. The second-order valence-corrected chi connectivity index (χ2v) is 10.0. The summed E-state index contributed by atoms with van der Waals surface area (Å²) in [5.74, 6) is 4.09. The highest BCUT2D eigenvalue weighted by Crippen LogP contribution is 2.28. The maximum Gasteiger partial charge on any atom is 0.232 e. The molecule has 8 heteroatoms. The van der Waals surface area contributed by atoms with Gasteiger partial charge in [0, 0.05) is 43.8 Å². The minimum absolute atomic E-state index is 0.516. The minimum atomic E-state index is 0.516. The number of aromatic nitrogens is 2. The van der Waals surface area contributed by atoms with Crippen LogP contribution in [-0.4, -0.2) is 41.3 Å². The van der Waals surface area contributed by atoms with Gasteiger partial charge in [-0.05, 0) is 67.4 Å². The lowest BCUT2D eigenvalue weighted by molar-refractivity contribution is 0.433. The second kappa shape index (κ2) is 10.7. The van der Waals surface area contributed by atoms with Crippen LogP contribution in [0.5, 0.6) is 0 Å². The fraction of sp³-hybridized carbons (Fsp3) is 0.542. The lowest BCUT2D eigenvalue weighted by Crippen LogP contribution is -2.36. The van der Waals surface area contributed by atoms with E-state index in [2.05, 4.69) is 40.3 Å². The fourth-order valence-corrected chi connectivity index (χ4v) is 4.50. The van der Waals surface area contributed by atoms with E-state index < -0.39 is 0 Å². The number of piperidine rings is 2. The quantitative estimate of drug-likeness (QED) is 0.588. The molecule has 2 aliphatic rings. The predicted molar refractivity (Wildman–Crippen MR) is 138 cm³/mol. The molecule has 0 saturated carbocycles. The number of benzene rings is 1. The lowest BCUT2D eigenvalue weighted by atomic mass is 9.99. The molecule has 6 nitrogen and oxygen atoms in total. The van der Waals surface area contributed by atoms with Gasteiger partial charge in [0.2, 0.25) is 5.95 Å². The van der Waals surface area contributed by atoms with Crippen LogP contribution in [0.1, 0.15) is 45.1 Å². The number of nitrogens with one attached hydrogen (secondary N) is 2. The van der Waals surface area contributed by atoms with E-state index in [0.717, 1.165) is 60.2 Å². The first kappa shape index (κ1) is 23.1. The predicted octanol–water partition coefficient (Wildman–Crippen LogP) is 5.09. The Morgan fingerprint density at radius 3 is 1.94 bits per heavy atom. The largest absolute Gasteiger partial charge is 0.358 e. The Balaban J connectivity index is 1.47. The molecule has 0 radical (unpaired) electrons. The summed E-state index contributed by atoms with van der Waals surface area (Å²) in [6.07, 6.45) is 4.80. The smallest absolute Gasteiger partial charge is 0.232 e. The summed E-state index contributed by atoms with van der Waals surface area (Å²) in [4.78, 5) is 14.4. The van der Waals surface area contributed by atoms with E-state index in [-0.39, 0.29) is 0 Å². The highest BCUT2D eigenvalue weighted by molar-refractivity contribution is 7.80. The zero-order chi connectivity index (χ0) is 22.5. The van der Waals surface area contributed by atoms with Crippen molar-refractivity contribution in [2.45, 2.75) is 46.1 Å². The van der Waals surface area contributed by atoms with Gasteiger partial charge in [-0.2, -0.15) is 9.97 Å². The van der Waals surface area contributed by atoms with Crippen LogP contribution in [-0.2, 0) is 6.54 Å². The normalized spacial score (nSPS) is 18.0. The standard InChI is InChI=1S/C24H33ClN6S/c1-17-7-11-30(12-8-17)21-15-22(31-13-9-18(2)10-14-31)28-23(27-21)29-24(32)26-16-19-3-5-20(25)6-4-19/h3-6,15,17-18H,7-14,16H2,1-2H3,(H2,26,27,28,29,32). The van der Waals surface area contributed by atoms with Gasteiger partial charge in [0.1, 0.15) is 11.6 Å². The van der Waals surface area contributed by atoms with E-state index in [9.17, 15) is 0 Å². The van der Waals surface area contributed by atoms with Crippen molar-refractivity contribution < 1.29 is 0 Å². The summed E-state index contributed by atoms with van der Waals surface area (Å²) in [7, 11) is 0. The SMILES string of the molecule is CC1CCN(c2cc(N3CCC(C)CC3)nc(NC(=S)NCc3ccc(Cl)cc3)n2)CC1. The van der Waals surface area contributed by atoms with E-state index in [1.807, 2.05) is 24.3 Å². The first-order valence-corrected chi connectivity index (χ1v) is 12.4. The molecule has 172 valence electrons. The number of thiocarbonyl (C=S) groups is 1. The zero-order valence-corrected chi connectivity index (χ0v) is 20.6. The molecule has 0 spiro atoms. The molecule has 2 saturated heterocycles. The summed E-state index contributed by atoms with van der Waals surface area (Å²) < 4.78 is 0. The van der Waals surface area contributed by atoms with Gasteiger partial charge in [0.05, 0.1) is 0 Å². The summed E-state index contributed by atoms with van der Waals surface area (Å²) in [6.45, 7) is 9.41. The average Bonchev–Trinajstić information content (AvgIpc) is 2.79. The summed E-state index contributed by atoms with van der Waals surface area (Å²) in [6, 6.07) is 9.89. The molecular formula is C24H33ClN6S. The Morgan fingerprint density at radius 1 is 0.938 bits per heavy atom. The van der Waals surface area contributed by atoms with Crippen molar-refractivity contribution in [1.82, 2.24) is 15.3 Å². The topological polar surface area (TPSA) is 56.3 Å². The van der Waals surface area contributed by atoms with Crippen LogP contribution >= 0.6 is 23.8 Å². The van der Waals surface area contributed by atoms with Gasteiger partial charge in [0.25, 0.3) is 0 Å². The van der Waals surface area contributed by atoms with Crippen LogP contribution < -0.4 is 20.4 Å². The molecule has 2 aromatic rings. The van der Waals surface area contributed by atoms with Crippen LogP contribution in [0, 0.1) is 11.8 Å². The highest BCUT2D eigenvalue weighted by atomic mass is 35.5.